The molecule has 1 aromatic heterocycles. The number of amides is 1. The topological polar surface area (TPSA) is 69.7 Å². The Labute approximate surface area is 199 Å². The van der Waals surface area contributed by atoms with Crippen LogP contribution in [0.2, 0.25) is 5.02 Å². The fourth-order valence-corrected chi connectivity index (χ4v) is 4.21. The van der Waals surface area contributed by atoms with E-state index < -0.39 is 0 Å². The van der Waals surface area contributed by atoms with Crippen molar-refractivity contribution in [2.45, 2.75) is 13.2 Å². The van der Waals surface area contributed by atoms with Gasteiger partial charge in [0.2, 0.25) is 6.79 Å². The minimum atomic E-state index is -0.224. The predicted octanol–water partition coefficient (Wildman–Crippen LogP) is 5.70. The maximum absolute atomic E-state index is 12.5. The van der Waals surface area contributed by atoms with E-state index in [2.05, 4.69) is 10.3 Å². The van der Waals surface area contributed by atoms with Gasteiger partial charge in [-0.05, 0) is 59.7 Å². The summed E-state index contributed by atoms with van der Waals surface area (Å²) in [6.07, 6.45) is 0. The Morgan fingerprint density at radius 2 is 1.76 bits per heavy atom. The van der Waals surface area contributed by atoms with Gasteiger partial charge in [-0.15, -0.1) is 11.3 Å². The van der Waals surface area contributed by atoms with Crippen LogP contribution in [0.25, 0.3) is 10.6 Å². The van der Waals surface area contributed by atoms with Crippen LogP contribution in [0.3, 0.4) is 0 Å². The first-order valence-electron chi connectivity index (χ1n) is 10.2. The Morgan fingerprint density at radius 1 is 1.00 bits per heavy atom. The molecule has 2 heterocycles. The molecule has 5 rings (SSSR count). The van der Waals surface area contributed by atoms with Crippen LogP contribution in [0, 0.1) is 0 Å². The first kappa shape index (κ1) is 21.3. The van der Waals surface area contributed by atoms with E-state index in [9.17, 15) is 4.79 Å². The van der Waals surface area contributed by atoms with Gasteiger partial charge in [0.25, 0.3) is 5.91 Å². The molecule has 0 spiro atoms. The van der Waals surface area contributed by atoms with Gasteiger partial charge < -0.3 is 19.5 Å². The zero-order valence-electron chi connectivity index (χ0n) is 17.4. The Hall–Kier alpha value is -3.55. The molecule has 0 saturated heterocycles. The monoisotopic (exact) mass is 478 g/mol. The van der Waals surface area contributed by atoms with E-state index >= 15 is 0 Å². The number of carbonyl (C=O) groups is 1. The number of ether oxygens (including phenoxy) is 3. The quantitative estimate of drug-likeness (QED) is 0.369. The summed E-state index contributed by atoms with van der Waals surface area (Å²) < 4.78 is 16.5. The van der Waals surface area contributed by atoms with Crippen molar-refractivity contribution in [3.8, 4) is 27.8 Å². The van der Waals surface area contributed by atoms with E-state index in [1.54, 1.807) is 5.38 Å². The number of fused-ring (bicyclic) bond motifs is 1. The molecule has 0 atom stereocenters. The van der Waals surface area contributed by atoms with Gasteiger partial charge in [-0.3, -0.25) is 4.79 Å². The second-order valence-electron chi connectivity index (χ2n) is 7.35. The molecule has 166 valence electrons. The lowest BCUT2D eigenvalue weighted by Crippen LogP contribution is -2.23. The first-order valence-corrected chi connectivity index (χ1v) is 11.5. The fraction of sp³-hybridized carbons (Fsp3) is 0.120. The average molecular weight is 479 g/mol. The highest BCUT2D eigenvalue weighted by atomic mass is 35.5. The van der Waals surface area contributed by atoms with Crippen molar-refractivity contribution >= 4 is 28.8 Å². The third kappa shape index (κ3) is 5.10. The van der Waals surface area contributed by atoms with Gasteiger partial charge in [0.05, 0.1) is 0 Å². The molecular formula is C25H19ClN2O4S. The van der Waals surface area contributed by atoms with Crippen LogP contribution in [0.4, 0.5) is 0 Å². The number of carbonyl (C=O) groups excluding carboxylic acids is 1. The smallest absolute Gasteiger partial charge is 0.271 e. The molecule has 0 bridgehead atoms. The Balaban J connectivity index is 1.17. The van der Waals surface area contributed by atoms with Gasteiger partial charge in [-0.1, -0.05) is 29.8 Å². The lowest BCUT2D eigenvalue weighted by Gasteiger charge is -2.07. The molecule has 0 aliphatic carbocycles. The highest BCUT2D eigenvalue weighted by molar-refractivity contribution is 7.13. The second-order valence-corrected chi connectivity index (χ2v) is 8.64. The number of hydrogen-bond donors (Lipinski definition) is 1. The van der Waals surface area contributed by atoms with Crippen LogP contribution < -0.4 is 19.5 Å². The summed E-state index contributed by atoms with van der Waals surface area (Å²) in [6, 6.07) is 20.8. The largest absolute Gasteiger partial charge is 0.489 e. The third-order valence-corrected chi connectivity index (χ3v) is 6.19. The number of aromatic nitrogens is 1. The minimum Gasteiger partial charge on any atom is -0.489 e. The van der Waals surface area contributed by atoms with E-state index in [4.69, 9.17) is 25.8 Å². The molecule has 1 aliphatic heterocycles. The van der Waals surface area contributed by atoms with Crippen LogP contribution in [-0.4, -0.2) is 17.7 Å². The van der Waals surface area contributed by atoms with Crippen molar-refractivity contribution in [1.29, 1.82) is 0 Å². The highest BCUT2D eigenvalue weighted by Gasteiger charge is 2.15. The van der Waals surface area contributed by atoms with Gasteiger partial charge in [0.15, 0.2) is 11.5 Å². The normalized spacial score (nSPS) is 11.9. The molecule has 0 radical (unpaired) electrons. The van der Waals surface area contributed by atoms with Crippen LogP contribution in [-0.2, 0) is 13.2 Å². The van der Waals surface area contributed by atoms with Gasteiger partial charge in [0, 0.05) is 22.5 Å². The Bertz CT molecular complexity index is 1270. The maximum Gasteiger partial charge on any atom is 0.271 e. The summed E-state index contributed by atoms with van der Waals surface area (Å²) in [6.45, 7) is 1.06. The molecule has 0 fully saturated rings. The van der Waals surface area contributed by atoms with Crippen molar-refractivity contribution in [1.82, 2.24) is 10.3 Å². The summed E-state index contributed by atoms with van der Waals surface area (Å²) >= 11 is 7.33. The lowest BCUT2D eigenvalue weighted by atomic mass is 10.2. The van der Waals surface area contributed by atoms with Crippen LogP contribution in [0.1, 0.15) is 21.6 Å². The van der Waals surface area contributed by atoms with Gasteiger partial charge in [-0.2, -0.15) is 0 Å². The summed E-state index contributed by atoms with van der Waals surface area (Å²) in [5, 5.41) is 6.13. The molecule has 6 nitrogen and oxygen atoms in total. The van der Waals surface area contributed by atoms with Gasteiger partial charge in [0.1, 0.15) is 23.1 Å². The number of thiazole rings is 1. The Kier molecular flexibility index (Phi) is 6.15. The number of nitrogens with one attached hydrogen (secondary N) is 1. The molecule has 1 N–H and O–H groups in total. The average Bonchev–Trinajstić information content (AvgIpc) is 3.52. The van der Waals surface area contributed by atoms with E-state index in [-0.39, 0.29) is 12.7 Å². The molecule has 4 aromatic rings. The SMILES string of the molecule is O=C(NCc1ccc2c(c1)OCO2)c1csc(-c2ccc(OCc3ccc(Cl)cc3)cc2)n1. The lowest BCUT2D eigenvalue weighted by molar-refractivity contribution is 0.0946. The number of rotatable bonds is 7. The summed E-state index contributed by atoms with van der Waals surface area (Å²) in [5.74, 6) is 1.94. The van der Waals surface area contributed by atoms with Crippen LogP contribution in [0.5, 0.6) is 17.2 Å². The summed E-state index contributed by atoms with van der Waals surface area (Å²) in [7, 11) is 0. The van der Waals surface area contributed by atoms with Crippen molar-refractivity contribution in [3.63, 3.8) is 0 Å². The van der Waals surface area contributed by atoms with Crippen LogP contribution >= 0.6 is 22.9 Å². The molecule has 3 aromatic carbocycles. The fourth-order valence-electron chi connectivity index (χ4n) is 3.28. The van der Waals surface area contributed by atoms with Gasteiger partial charge in [-0.25, -0.2) is 4.98 Å². The first-order chi connectivity index (χ1) is 16.1. The highest BCUT2D eigenvalue weighted by Crippen LogP contribution is 2.32. The minimum absolute atomic E-state index is 0.224. The van der Waals surface area contributed by atoms with E-state index in [0.717, 1.165) is 33.2 Å². The zero-order chi connectivity index (χ0) is 22.6. The molecule has 0 unspecified atom stereocenters. The number of halogens is 1. The molecule has 33 heavy (non-hydrogen) atoms. The standard InChI is InChI=1S/C25H19ClN2O4S/c26-19-6-1-16(2-7-19)13-30-20-8-4-18(5-9-20)25-28-21(14-33-25)24(29)27-12-17-3-10-22-23(11-17)32-15-31-22/h1-11,14H,12-13,15H2,(H,27,29). The number of hydrogen-bond acceptors (Lipinski definition) is 6. The maximum atomic E-state index is 12.5. The van der Waals surface area contributed by atoms with Crippen molar-refractivity contribution in [3.05, 3.63) is 94.0 Å². The molecule has 0 saturated carbocycles. The molecule has 8 heteroatoms. The van der Waals surface area contributed by atoms with Crippen LogP contribution in [0.15, 0.2) is 72.1 Å². The Morgan fingerprint density at radius 3 is 2.58 bits per heavy atom. The van der Waals surface area contributed by atoms with E-state index in [1.165, 1.54) is 11.3 Å². The van der Waals surface area contributed by atoms with Crippen molar-refractivity contribution < 1.29 is 19.0 Å². The van der Waals surface area contributed by atoms with E-state index in [1.807, 2.05) is 66.7 Å². The molecule has 1 aliphatic rings. The molecular weight excluding hydrogens is 460 g/mol. The van der Waals surface area contributed by atoms with E-state index in [0.29, 0.717) is 29.6 Å². The summed E-state index contributed by atoms with van der Waals surface area (Å²) in [4.78, 5) is 17.0. The van der Waals surface area contributed by atoms with Crippen molar-refractivity contribution in [2.75, 3.05) is 6.79 Å². The van der Waals surface area contributed by atoms with Gasteiger partial charge >= 0.3 is 0 Å². The third-order valence-electron chi connectivity index (χ3n) is 5.05. The number of benzene rings is 3. The van der Waals surface area contributed by atoms with Crippen molar-refractivity contribution in [2.24, 2.45) is 0 Å². The predicted molar refractivity (Wildman–Crippen MR) is 127 cm³/mol. The zero-order valence-corrected chi connectivity index (χ0v) is 19.0. The molecule has 1 amide bonds. The summed E-state index contributed by atoms with van der Waals surface area (Å²) in [5.41, 5.74) is 3.28. The number of nitrogens with zero attached hydrogens (tertiary/aromatic N) is 1. The second kappa shape index (κ2) is 9.52.